The van der Waals surface area contributed by atoms with Crippen LogP contribution in [0.4, 0.5) is 10.1 Å². The molecule has 0 spiro atoms. The smallest absolute Gasteiger partial charge is 0.265 e. The molecule has 0 unspecified atom stereocenters. The van der Waals surface area contributed by atoms with E-state index in [1.165, 1.54) is 42.5 Å². The zero-order chi connectivity index (χ0) is 17.7. The molecule has 0 atom stereocenters. The van der Waals surface area contributed by atoms with Crippen molar-refractivity contribution in [3.8, 4) is 0 Å². The number of rotatable bonds is 6. The summed E-state index contributed by atoms with van der Waals surface area (Å²) in [7, 11) is 0. The van der Waals surface area contributed by atoms with E-state index >= 15 is 0 Å². The van der Waals surface area contributed by atoms with Crippen molar-refractivity contribution >= 4 is 29.0 Å². The van der Waals surface area contributed by atoms with E-state index in [1.54, 1.807) is 0 Å². The van der Waals surface area contributed by atoms with Crippen LogP contribution in [0.2, 0.25) is 5.02 Å². The topological polar surface area (TPSA) is 89.3 Å². The first-order chi connectivity index (χ1) is 11.4. The van der Waals surface area contributed by atoms with Gasteiger partial charge < -0.3 is 5.32 Å². The van der Waals surface area contributed by atoms with Crippen LogP contribution in [-0.2, 0) is 11.2 Å². The summed E-state index contributed by atoms with van der Waals surface area (Å²) in [4.78, 5) is 33.8. The first-order valence-corrected chi connectivity index (χ1v) is 7.22. The second-order valence-corrected chi connectivity index (χ2v) is 5.34. The Labute approximate surface area is 141 Å². The summed E-state index contributed by atoms with van der Waals surface area (Å²) in [6, 6.07) is 9.74. The van der Waals surface area contributed by atoms with Gasteiger partial charge in [0.05, 0.1) is 22.7 Å². The zero-order valence-electron chi connectivity index (χ0n) is 12.3. The number of hydrogen-bond donors (Lipinski definition) is 1. The molecule has 0 bridgehead atoms. The summed E-state index contributed by atoms with van der Waals surface area (Å²) < 4.78 is 12.9. The Balaban J connectivity index is 2.18. The van der Waals surface area contributed by atoms with Crippen LogP contribution in [0, 0.1) is 15.9 Å². The maximum absolute atomic E-state index is 12.9. The average Bonchev–Trinajstić information content (AvgIpc) is 2.48. The van der Waals surface area contributed by atoms with Crippen molar-refractivity contribution in [3.63, 3.8) is 0 Å². The minimum absolute atomic E-state index is 0.0152. The highest BCUT2D eigenvalue weighted by atomic mass is 35.5. The van der Waals surface area contributed by atoms with E-state index in [1.807, 2.05) is 0 Å². The van der Waals surface area contributed by atoms with Crippen LogP contribution in [0.5, 0.6) is 0 Å². The summed E-state index contributed by atoms with van der Waals surface area (Å²) in [5, 5.41) is 13.0. The first kappa shape index (κ1) is 17.6. The molecule has 0 saturated carbocycles. The standard InChI is InChI=1S/C16H12ClFN2O4/c17-12-2-1-3-13(16(12)14(21)9-20(23)24)19-15(22)8-10-4-6-11(18)7-5-10/h1-7H,8-9H2,(H,19,22). The van der Waals surface area contributed by atoms with Crippen molar-refractivity contribution in [2.24, 2.45) is 0 Å². The van der Waals surface area contributed by atoms with Gasteiger partial charge in [-0.2, -0.15) is 0 Å². The Morgan fingerprint density at radius 1 is 1.17 bits per heavy atom. The van der Waals surface area contributed by atoms with Crippen molar-refractivity contribution in [2.75, 3.05) is 11.9 Å². The van der Waals surface area contributed by atoms with Gasteiger partial charge in [0.2, 0.25) is 11.7 Å². The molecular weight excluding hydrogens is 339 g/mol. The van der Waals surface area contributed by atoms with E-state index in [4.69, 9.17) is 11.6 Å². The van der Waals surface area contributed by atoms with E-state index in [-0.39, 0.29) is 22.7 Å². The van der Waals surface area contributed by atoms with Crippen LogP contribution >= 0.6 is 11.6 Å². The number of nitro groups is 1. The molecule has 24 heavy (non-hydrogen) atoms. The van der Waals surface area contributed by atoms with E-state index in [2.05, 4.69) is 5.32 Å². The Morgan fingerprint density at radius 3 is 2.46 bits per heavy atom. The molecule has 2 aromatic carbocycles. The highest BCUT2D eigenvalue weighted by Gasteiger charge is 2.21. The number of carbonyl (C=O) groups excluding carboxylic acids is 2. The lowest BCUT2D eigenvalue weighted by atomic mass is 10.1. The predicted octanol–water partition coefficient (Wildman–Crippen LogP) is 3.12. The van der Waals surface area contributed by atoms with Crippen LogP contribution in [0.3, 0.4) is 0 Å². The molecule has 0 fully saturated rings. The maximum atomic E-state index is 12.9. The van der Waals surface area contributed by atoms with Crippen LogP contribution in [0.25, 0.3) is 0 Å². The lowest BCUT2D eigenvalue weighted by Crippen LogP contribution is -2.20. The number of amides is 1. The Kier molecular flexibility index (Phi) is 5.59. The predicted molar refractivity (Wildman–Crippen MR) is 86.4 cm³/mol. The Hall–Kier alpha value is -2.80. The molecule has 1 N–H and O–H groups in total. The van der Waals surface area contributed by atoms with Gasteiger partial charge in [-0.3, -0.25) is 19.7 Å². The van der Waals surface area contributed by atoms with Crippen LogP contribution in [0.15, 0.2) is 42.5 Å². The van der Waals surface area contributed by atoms with Gasteiger partial charge in [-0.25, -0.2) is 4.39 Å². The van der Waals surface area contributed by atoms with Crippen molar-refractivity contribution < 1.29 is 18.9 Å². The fraction of sp³-hybridized carbons (Fsp3) is 0.125. The summed E-state index contributed by atoms with van der Waals surface area (Å²) >= 11 is 5.93. The Bertz CT molecular complexity index is 793. The SMILES string of the molecule is O=C(Cc1ccc(F)cc1)Nc1cccc(Cl)c1C(=O)C[N+](=O)[O-]. The quantitative estimate of drug-likeness (QED) is 0.492. The molecule has 0 aromatic heterocycles. The third kappa shape index (κ3) is 4.60. The monoisotopic (exact) mass is 350 g/mol. The molecule has 0 aliphatic heterocycles. The van der Waals surface area contributed by atoms with E-state index in [0.29, 0.717) is 5.56 Å². The molecule has 1 amide bonds. The van der Waals surface area contributed by atoms with E-state index in [9.17, 15) is 24.1 Å². The van der Waals surface area contributed by atoms with Crippen molar-refractivity contribution in [2.45, 2.75) is 6.42 Å². The largest absolute Gasteiger partial charge is 0.325 e. The lowest BCUT2D eigenvalue weighted by molar-refractivity contribution is -0.465. The number of Topliss-reactive ketones (excluding diaryl/α,β-unsaturated/α-hetero) is 1. The minimum Gasteiger partial charge on any atom is -0.325 e. The molecule has 8 heteroatoms. The van der Waals surface area contributed by atoms with Crippen molar-refractivity contribution in [3.05, 3.63) is 74.5 Å². The molecule has 124 valence electrons. The number of anilines is 1. The molecule has 0 heterocycles. The minimum atomic E-state index is -0.926. The second-order valence-electron chi connectivity index (χ2n) is 4.93. The van der Waals surface area contributed by atoms with Crippen LogP contribution in [0.1, 0.15) is 15.9 Å². The number of halogens is 2. The van der Waals surface area contributed by atoms with E-state index in [0.717, 1.165) is 0 Å². The molecule has 0 saturated heterocycles. The van der Waals surface area contributed by atoms with Gasteiger partial charge in [0.15, 0.2) is 0 Å². The van der Waals surface area contributed by atoms with Gasteiger partial charge in [-0.1, -0.05) is 29.8 Å². The number of ketones is 1. The van der Waals surface area contributed by atoms with Gasteiger partial charge in [-0.15, -0.1) is 0 Å². The number of carbonyl (C=O) groups is 2. The van der Waals surface area contributed by atoms with Gasteiger partial charge in [0.1, 0.15) is 5.82 Å². The van der Waals surface area contributed by atoms with Gasteiger partial charge in [0, 0.05) is 4.92 Å². The van der Waals surface area contributed by atoms with Gasteiger partial charge in [-0.05, 0) is 29.8 Å². The normalized spacial score (nSPS) is 10.2. The first-order valence-electron chi connectivity index (χ1n) is 6.84. The molecule has 2 aromatic rings. The summed E-state index contributed by atoms with van der Waals surface area (Å²) in [6.07, 6.45) is -0.0460. The molecule has 6 nitrogen and oxygen atoms in total. The lowest BCUT2D eigenvalue weighted by Gasteiger charge is -2.11. The highest BCUT2D eigenvalue weighted by molar-refractivity contribution is 6.35. The van der Waals surface area contributed by atoms with Crippen molar-refractivity contribution in [1.29, 1.82) is 0 Å². The van der Waals surface area contributed by atoms with E-state index < -0.39 is 29.0 Å². The molecule has 2 rings (SSSR count). The van der Waals surface area contributed by atoms with Gasteiger partial charge >= 0.3 is 0 Å². The molecule has 0 aliphatic rings. The van der Waals surface area contributed by atoms with Gasteiger partial charge in [0.25, 0.3) is 6.54 Å². The zero-order valence-corrected chi connectivity index (χ0v) is 13.0. The summed E-state index contributed by atoms with van der Waals surface area (Å²) in [5.74, 6) is -1.68. The average molecular weight is 351 g/mol. The third-order valence-corrected chi connectivity index (χ3v) is 3.43. The van der Waals surface area contributed by atoms with Crippen LogP contribution < -0.4 is 5.32 Å². The number of benzene rings is 2. The molecule has 0 radical (unpaired) electrons. The second kappa shape index (κ2) is 7.65. The fourth-order valence-corrected chi connectivity index (χ4v) is 2.37. The summed E-state index contributed by atoms with van der Waals surface area (Å²) in [6.45, 7) is -0.926. The fourth-order valence-electron chi connectivity index (χ4n) is 2.09. The van der Waals surface area contributed by atoms with Crippen molar-refractivity contribution in [1.82, 2.24) is 0 Å². The number of nitrogens with zero attached hydrogens (tertiary/aromatic N) is 1. The Morgan fingerprint density at radius 2 is 1.83 bits per heavy atom. The third-order valence-electron chi connectivity index (χ3n) is 3.12. The summed E-state index contributed by atoms with van der Waals surface area (Å²) in [5.41, 5.74) is 0.568. The molecule has 0 aliphatic carbocycles. The molecular formula is C16H12ClFN2O4. The number of hydrogen-bond acceptors (Lipinski definition) is 4. The highest BCUT2D eigenvalue weighted by Crippen LogP contribution is 2.25. The number of nitrogens with one attached hydrogen (secondary N) is 1. The van der Waals surface area contributed by atoms with Crippen LogP contribution in [-0.4, -0.2) is 23.2 Å². The maximum Gasteiger partial charge on any atom is 0.265 e.